The van der Waals surface area contributed by atoms with Crippen LogP contribution in [-0.4, -0.2) is 99.2 Å². The SMILES string of the molecule is COc1ccc2c(c1)C(c1ccc(Cl)cc1)=NC(CC(=O)NCCNC(=O)NCCNC(=O)CC1N=C(c3ccc(Cl)cc3)c3cc(OC)ccc3-n3c(C)nnc31)c1nnc(C)n1-2. The van der Waals surface area contributed by atoms with Crippen LogP contribution in [0.1, 0.15) is 70.5 Å². The zero-order chi connectivity index (χ0) is 44.9. The van der Waals surface area contributed by atoms with E-state index in [2.05, 4.69) is 41.7 Å². The number of aliphatic imine (C=N–C) groups is 2. The molecular formula is C45H44Cl2N12O5. The van der Waals surface area contributed by atoms with Crippen molar-refractivity contribution in [2.75, 3.05) is 40.4 Å². The molecule has 4 heterocycles. The number of hydrogen-bond acceptors (Lipinski definition) is 11. The van der Waals surface area contributed by atoms with E-state index >= 15 is 0 Å². The number of carbonyl (C=O) groups is 3. The maximum absolute atomic E-state index is 13.4. The van der Waals surface area contributed by atoms with Crippen molar-refractivity contribution in [1.29, 1.82) is 0 Å². The van der Waals surface area contributed by atoms with Gasteiger partial charge in [0, 0.05) is 58.5 Å². The molecule has 2 aliphatic rings. The van der Waals surface area contributed by atoms with Crippen LogP contribution in [0.5, 0.6) is 11.5 Å². The summed E-state index contributed by atoms with van der Waals surface area (Å²) in [7, 11) is 3.20. The van der Waals surface area contributed by atoms with Crippen molar-refractivity contribution in [3.8, 4) is 22.9 Å². The van der Waals surface area contributed by atoms with Crippen molar-refractivity contribution in [3.63, 3.8) is 0 Å². The Bertz CT molecular complexity index is 2600. The monoisotopic (exact) mass is 902 g/mol. The number of amides is 4. The fraction of sp³-hybridized carbons (Fsp3) is 0.267. The Morgan fingerprint density at radius 3 is 1.34 bits per heavy atom. The number of nitrogens with zero attached hydrogens (tertiary/aromatic N) is 8. The molecular weight excluding hydrogens is 859 g/mol. The summed E-state index contributed by atoms with van der Waals surface area (Å²) in [5.41, 5.74) is 6.09. The lowest BCUT2D eigenvalue weighted by Gasteiger charge is -2.14. The van der Waals surface area contributed by atoms with Crippen LogP contribution >= 0.6 is 23.2 Å². The normalized spacial score (nSPS) is 14.8. The molecule has 64 heavy (non-hydrogen) atoms. The third kappa shape index (κ3) is 9.30. The number of aryl methyl sites for hydroxylation is 2. The number of methoxy groups -OCH3 is 2. The Balaban J connectivity index is 0.847. The molecule has 4 amide bonds. The minimum atomic E-state index is -0.681. The Morgan fingerprint density at radius 1 is 0.562 bits per heavy atom. The molecule has 4 aromatic carbocycles. The van der Waals surface area contributed by atoms with Crippen molar-refractivity contribution < 1.29 is 23.9 Å². The van der Waals surface area contributed by atoms with Crippen molar-refractivity contribution >= 4 is 52.5 Å². The number of carbonyl (C=O) groups excluding carboxylic acids is 3. The van der Waals surface area contributed by atoms with Gasteiger partial charge in [0.15, 0.2) is 11.6 Å². The molecule has 0 aliphatic carbocycles. The minimum Gasteiger partial charge on any atom is -0.497 e. The number of hydrogen-bond donors (Lipinski definition) is 4. The second kappa shape index (κ2) is 19.1. The maximum Gasteiger partial charge on any atom is 0.314 e. The van der Waals surface area contributed by atoms with E-state index in [1.165, 1.54) is 0 Å². The first kappa shape index (κ1) is 43.5. The van der Waals surface area contributed by atoms with E-state index in [0.29, 0.717) is 56.3 Å². The lowest BCUT2D eigenvalue weighted by atomic mass is 10.00. The minimum absolute atomic E-state index is 0.0272. The molecule has 17 nitrogen and oxygen atoms in total. The molecule has 19 heteroatoms. The molecule has 6 aromatic rings. The van der Waals surface area contributed by atoms with Crippen LogP contribution in [0.3, 0.4) is 0 Å². The van der Waals surface area contributed by atoms with E-state index in [-0.39, 0.29) is 50.8 Å². The summed E-state index contributed by atoms with van der Waals surface area (Å²) < 4.78 is 14.9. The molecule has 8 rings (SSSR count). The molecule has 0 saturated heterocycles. The standard InChI is InChI=1S/C45H44Cl2N12O5/c1-25-54-56-43-35(52-41(27-5-9-29(46)10-6-27)33-21-31(63-3)13-15-37(33)58(25)43)23-39(60)48-17-19-50-45(62)51-20-18-49-40(61)24-36-44-57-55-26(2)59(44)38-16-14-32(64-4)22-34(38)42(53-36)28-7-11-30(47)12-8-28/h5-16,21-22,35-36H,17-20,23-24H2,1-4H3,(H,48,60)(H,49,61)(H2,50,51,62). The van der Waals surface area contributed by atoms with Crippen LogP contribution < -0.4 is 30.7 Å². The van der Waals surface area contributed by atoms with Crippen LogP contribution in [0, 0.1) is 13.8 Å². The third-order valence-electron chi connectivity index (χ3n) is 10.7. The van der Waals surface area contributed by atoms with Crippen LogP contribution in [0.2, 0.25) is 10.0 Å². The molecule has 2 aromatic heterocycles. The lowest BCUT2D eigenvalue weighted by Crippen LogP contribution is -2.43. The van der Waals surface area contributed by atoms with Gasteiger partial charge in [0.2, 0.25) is 11.8 Å². The average molecular weight is 904 g/mol. The highest BCUT2D eigenvalue weighted by Crippen LogP contribution is 2.36. The fourth-order valence-corrected chi connectivity index (χ4v) is 7.92. The molecule has 0 bridgehead atoms. The second-order valence-electron chi connectivity index (χ2n) is 14.9. The van der Waals surface area contributed by atoms with Gasteiger partial charge in [0.25, 0.3) is 0 Å². The van der Waals surface area contributed by atoms with Gasteiger partial charge in [0.1, 0.15) is 35.2 Å². The van der Waals surface area contributed by atoms with E-state index in [1.807, 2.05) is 83.6 Å². The van der Waals surface area contributed by atoms with Gasteiger partial charge in [-0.1, -0.05) is 47.5 Å². The molecule has 4 N–H and O–H groups in total. The molecule has 328 valence electrons. The van der Waals surface area contributed by atoms with Crippen molar-refractivity contribution in [2.45, 2.75) is 38.8 Å². The topological polar surface area (TPSA) is 204 Å². The molecule has 0 spiro atoms. The molecule has 2 aliphatic heterocycles. The summed E-state index contributed by atoms with van der Waals surface area (Å²) in [6.45, 7) is 4.31. The summed E-state index contributed by atoms with van der Waals surface area (Å²) in [6, 6.07) is 24.2. The predicted molar refractivity (Wildman–Crippen MR) is 242 cm³/mol. The number of urea groups is 1. The van der Waals surface area contributed by atoms with E-state index in [0.717, 1.165) is 33.6 Å². The van der Waals surface area contributed by atoms with E-state index in [9.17, 15) is 14.4 Å². The van der Waals surface area contributed by atoms with E-state index in [1.54, 1.807) is 38.5 Å². The highest BCUT2D eigenvalue weighted by atomic mass is 35.5. The van der Waals surface area contributed by atoms with Gasteiger partial charge in [-0.05, 0) is 74.5 Å². The Hall–Kier alpha value is -7.11. The number of halogens is 2. The first-order valence-corrected chi connectivity index (χ1v) is 21.2. The number of fused-ring (bicyclic) bond motifs is 6. The Labute approximate surface area is 378 Å². The van der Waals surface area contributed by atoms with Crippen LogP contribution in [0.4, 0.5) is 4.79 Å². The highest BCUT2D eigenvalue weighted by molar-refractivity contribution is 6.31. The average Bonchev–Trinajstić information content (AvgIpc) is 3.80. The number of aromatic nitrogens is 6. The van der Waals surface area contributed by atoms with Crippen molar-refractivity contribution in [1.82, 2.24) is 50.8 Å². The largest absolute Gasteiger partial charge is 0.497 e. The fourth-order valence-electron chi connectivity index (χ4n) is 7.67. The van der Waals surface area contributed by atoms with Gasteiger partial charge < -0.3 is 30.7 Å². The van der Waals surface area contributed by atoms with Gasteiger partial charge in [0.05, 0.1) is 49.9 Å². The molecule has 0 saturated carbocycles. The van der Waals surface area contributed by atoms with Gasteiger partial charge in [-0.2, -0.15) is 0 Å². The van der Waals surface area contributed by atoms with E-state index < -0.39 is 18.1 Å². The van der Waals surface area contributed by atoms with Gasteiger partial charge in [-0.3, -0.25) is 28.7 Å². The van der Waals surface area contributed by atoms with Gasteiger partial charge >= 0.3 is 6.03 Å². The zero-order valence-electron chi connectivity index (χ0n) is 35.4. The van der Waals surface area contributed by atoms with E-state index in [4.69, 9.17) is 42.7 Å². The lowest BCUT2D eigenvalue weighted by molar-refractivity contribution is -0.122. The first-order chi connectivity index (χ1) is 31.0. The summed E-state index contributed by atoms with van der Waals surface area (Å²) in [4.78, 5) is 49.6. The Morgan fingerprint density at radius 2 is 0.953 bits per heavy atom. The second-order valence-corrected chi connectivity index (χ2v) is 15.8. The maximum atomic E-state index is 13.4. The summed E-state index contributed by atoms with van der Waals surface area (Å²) >= 11 is 12.4. The van der Waals surface area contributed by atoms with Crippen LogP contribution in [0.15, 0.2) is 94.9 Å². The number of ether oxygens (including phenoxy) is 2. The smallest absolute Gasteiger partial charge is 0.314 e. The zero-order valence-corrected chi connectivity index (χ0v) is 36.9. The third-order valence-corrected chi connectivity index (χ3v) is 11.2. The first-order valence-electron chi connectivity index (χ1n) is 20.4. The summed E-state index contributed by atoms with van der Waals surface area (Å²) in [6.07, 6.45) is -0.0545. The van der Waals surface area contributed by atoms with Gasteiger partial charge in [-0.25, -0.2) is 4.79 Å². The number of rotatable bonds is 14. The molecule has 0 fully saturated rings. The molecule has 2 atom stereocenters. The van der Waals surface area contributed by atoms with Gasteiger partial charge in [-0.15, -0.1) is 20.4 Å². The Kier molecular flexibility index (Phi) is 13.0. The molecule has 0 radical (unpaired) electrons. The summed E-state index contributed by atoms with van der Waals surface area (Å²) in [5.74, 6) is 3.02. The summed E-state index contributed by atoms with van der Waals surface area (Å²) in [5, 5.41) is 29.9. The van der Waals surface area contributed by atoms with Crippen molar-refractivity contribution in [3.05, 3.63) is 141 Å². The van der Waals surface area contributed by atoms with Crippen LogP contribution in [0.25, 0.3) is 11.4 Å². The number of benzene rings is 4. The molecule has 2 unspecified atom stereocenters. The van der Waals surface area contributed by atoms with Crippen molar-refractivity contribution in [2.24, 2.45) is 9.98 Å². The highest BCUT2D eigenvalue weighted by Gasteiger charge is 2.32. The quantitative estimate of drug-likeness (QED) is 0.101. The van der Waals surface area contributed by atoms with Crippen LogP contribution in [-0.2, 0) is 9.59 Å². The predicted octanol–water partition coefficient (Wildman–Crippen LogP) is 5.59. The number of nitrogens with one attached hydrogen (secondary N) is 4.